The van der Waals surface area contributed by atoms with Gasteiger partial charge in [0.15, 0.2) is 5.96 Å². The molecule has 2 aliphatic carbocycles. The Kier molecular flexibility index (Phi) is 5.01. The molecule has 3 aliphatic rings. The van der Waals surface area contributed by atoms with Crippen LogP contribution in [-0.2, 0) is 4.74 Å². The Hall–Kier alpha value is -0.960. The number of fused-ring (bicyclic) bond motifs is 2. The van der Waals surface area contributed by atoms with Gasteiger partial charge in [0.05, 0.1) is 17.8 Å². The van der Waals surface area contributed by atoms with Gasteiger partial charge in [-0.3, -0.25) is 0 Å². The molecule has 1 heterocycles. The standard InChI is InChI=1S/C17H21F2N3O.HI/c18-10-3-4-12(19)13(9-10)21-16(20)22-14-11-5-8-23-15(11)17(14)6-1-2-7-17;/h3-4,9,11,14-15H,1-2,5-8H2,(H3,20,21,22);1H. The molecule has 0 aromatic heterocycles. The lowest BCUT2D eigenvalue weighted by Crippen LogP contribution is -2.61. The van der Waals surface area contributed by atoms with E-state index in [4.69, 9.17) is 10.5 Å². The second-order valence-corrected chi connectivity index (χ2v) is 6.89. The number of hydrogen-bond donors (Lipinski definition) is 2. The van der Waals surface area contributed by atoms with Gasteiger partial charge >= 0.3 is 0 Å². The van der Waals surface area contributed by atoms with Crippen LogP contribution in [0.2, 0.25) is 0 Å². The molecule has 24 heavy (non-hydrogen) atoms. The van der Waals surface area contributed by atoms with Gasteiger partial charge in [0, 0.05) is 24.0 Å². The molecule has 3 unspecified atom stereocenters. The Morgan fingerprint density at radius 3 is 2.79 bits per heavy atom. The van der Waals surface area contributed by atoms with E-state index < -0.39 is 11.6 Å². The molecule has 0 radical (unpaired) electrons. The Labute approximate surface area is 157 Å². The van der Waals surface area contributed by atoms with Gasteiger partial charge in [-0.15, -0.1) is 24.0 Å². The molecule has 1 aromatic rings. The van der Waals surface area contributed by atoms with Gasteiger partial charge < -0.3 is 15.8 Å². The molecule has 1 saturated heterocycles. The van der Waals surface area contributed by atoms with E-state index in [0.717, 1.165) is 44.1 Å². The molecule has 3 atom stereocenters. The Morgan fingerprint density at radius 1 is 1.29 bits per heavy atom. The summed E-state index contributed by atoms with van der Waals surface area (Å²) in [5, 5.41) is 2.71. The van der Waals surface area contributed by atoms with Crippen LogP contribution in [0, 0.1) is 23.0 Å². The van der Waals surface area contributed by atoms with Crippen LogP contribution < -0.4 is 11.1 Å². The smallest absolute Gasteiger partial charge is 0.193 e. The maximum atomic E-state index is 13.7. The molecule has 1 aromatic carbocycles. The second-order valence-electron chi connectivity index (χ2n) is 6.89. The van der Waals surface area contributed by atoms with E-state index in [-0.39, 0.29) is 47.1 Å². The fourth-order valence-corrected chi connectivity index (χ4v) is 4.75. The van der Waals surface area contributed by atoms with Gasteiger partial charge in [0.1, 0.15) is 11.6 Å². The predicted octanol–water partition coefficient (Wildman–Crippen LogP) is 3.66. The largest absolute Gasteiger partial charge is 0.377 e. The molecule has 2 saturated carbocycles. The zero-order chi connectivity index (χ0) is 16.0. The van der Waals surface area contributed by atoms with E-state index in [1.54, 1.807) is 0 Å². The maximum Gasteiger partial charge on any atom is 0.193 e. The van der Waals surface area contributed by atoms with Gasteiger partial charge in [-0.05, 0) is 31.4 Å². The second kappa shape index (κ2) is 6.74. The average Bonchev–Trinajstić information content (AvgIpc) is 3.16. The van der Waals surface area contributed by atoms with E-state index in [9.17, 15) is 8.78 Å². The van der Waals surface area contributed by atoms with Crippen molar-refractivity contribution in [1.82, 2.24) is 0 Å². The zero-order valence-corrected chi connectivity index (χ0v) is 15.6. The first-order chi connectivity index (χ1) is 11.1. The molecule has 7 heteroatoms. The Bertz CT molecular complexity index is 649. The van der Waals surface area contributed by atoms with Crippen molar-refractivity contribution in [3.8, 4) is 0 Å². The van der Waals surface area contributed by atoms with Crippen LogP contribution in [0.25, 0.3) is 0 Å². The van der Waals surface area contributed by atoms with Crippen LogP contribution >= 0.6 is 24.0 Å². The highest BCUT2D eigenvalue weighted by Gasteiger charge is 2.65. The fourth-order valence-electron chi connectivity index (χ4n) is 4.75. The third-order valence-electron chi connectivity index (χ3n) is 5.70. The van der Waals surface area contributed by atoms with Crippen molar-refractivity contribution in [2.75, 3.05) is 11.9 Å². The van der Waals surface area contributed by atoms with E-state index in [1.165, 1.54) is 12.8 Å². The van der Waals surface area contributed by atoms with E-state index in [1.807, 2.05) is 0 Å². The number of anilines is 1. The van der Waals surface area contributed by atoms with Crippen LogP contribution in [0.4, 0.5) is 14.5 Å². The van der Waals surface area contributed by atoms with Crippen molar-refractivity contribution in [2.45, 2.75) is 44.2 Å². The molecule has 3 fully saturated rings. The normalized spacial score (nSPS) is 30.6. The van der Waals surface area contributed by atoms with Crippen molar-refractivity contribution >= 4 is 35.6 Å². The summed E-state index contributed by atoms with van der Waals surface area (Å²) in [5.74, 6) is -0.500. The third-order valence-corrected chi connectivity index (χ3v) is 5.70. The lowest BCUT2D eigenvalue weighted by atomic mass is 9.54. The van der Waals surface area contributed by atoms with Gasteiger partial charge in [-0.1, -0.05) is 12.8 Å². The number of nitrogens with one attached hydrogen (secondary N) is 1. The number of halogens is 3. The minimum atomic E-state index is -0.546. The number of aliphatic imine (C=N–C) groups is 1. The highest BCUT2D eigenvalue weighted by molar-refractivity contribution is 14.0. The van der Waals surface area contributed by atoms with Gasteiger partial charge in [-0.2, -0.15) is 0 Å². The van der Waals surface area contributed by atoms with Gasteiger partial charge in [-0.25, -0.2) is 13.8 Å². The SMILES string of the molecule is I.NC(=NC1C2CCOC2C12CCCC2)Nc1cc(F)ccc1F. The minimum Gasteiger partial charge on any atom is -0.377 e. The van der Waals surface area contributed by atoms with Crippen molar-refractivity contribution in [3.05, 3.63) is 29.8 Å². The van der Waals surface area contributed by atoms with Crippen molar-refractivity contribution < 1.29 is 13.5 Å². The Morgan fingerprint density at radius 2 is 2.04 bits per heavy atom. The lowest BCUT2D eigenvalue weighted by Gasteiger charge is -2.54. The van der Waals surface area contributed by atoms with E-state index in [0.29, 0.717) is 12.0 Å². The van der Waals surface area contributed by atoms with E-state index >= 15 is 0 Å². The van der Waals surface area contributed by atoms with Crippen molar-refractivity contribution in [1.29, 1.82) is 0 Å². The lowest BCUT2D eigenvalue weighted by molar-refractivity contribution is -0.117. The fraction of sp³-hybridized carbons (Fsp3) is 0.588. The first-order valence-electron chi connectivity index (χ1n) is 8.27. The number of nitrogens with zero attached hydrogens (tertiary/aromatic N) is 1. The predicted molar refractivity (Wildman–Crippen MR) is 99.6 cm³/mol. The van der Waals surface area contributed by atoms with Gasteiger partial charge in [0.2, 0.25) is 0 Å². The number of guanidine groups is 1. The summed E-state index contributed by atoms with van der Waals surface area (Å²) in [5.41, 5.74) is 6.10. The minimum absolute atomic E-state index is 0. The first kappa shape index (κ1) is 17.8. The average molecular weight is 449 g/mol. The molecule has 0 bridgehead atoms. The summed E-state index contributed by atoms with van der Waals surface area (Å²) in [4.78, 5) is 4.64. The summed E-state index contributed by atoms with van der Waals surface area (Å²) in [7, 11) is 0. The van der Waals surface area contributed by atoms with E-state index in [2.05, 4.69) is 10.3 Å². The summed E-state index contributed by atoms with van der Waals surface area (Å²) >= 11 is 0. The van der Waals surface area contributed by atoms with Crippen molar-refractivity contribution in [3.63, 3.8) is 0 Å². The number of hydrogen-bond acceptors (Lipinski definition) is 2. The maximum absolute atomic E-state index is 13.7. The van der Waals surface area contributed by atoms with Crippen LogP contribution in [0.5, 0.6) is 0 Å². The first-order valence-corrected chi connectivity index (χ1v) is 8.27. The molecule has 1 aliphatic heterocycles. The van der Waals surface area contributed by atoms with Gasteiger partial charge in [0.25, 0.3) is 0 Å². The number of rotatable bonds is 2. The quantitative estimate of drug-likeness (QED) is 0.412. The monoisotopic (exact) mass is 449 g/mol. The molecule has 1 spiro atoms. The number of nitrogens with two attached hydrogens (primary N) is 1. The van der Waals surface area contributed by atoms with Crippen LogP contribution in [0.1, 0.15) is 32.1 Å². The zero-order valence-electron chi connectivity index (χ0n) is 13.3. The summed E-state index contributed by atoms with van der Waals surface area (Å²) in [6.45, 7) is 0.787. The van der Waals surface area contributed by atoms with Crippen LogP contribution in [-0.4, -0.2) is 24.7 Å². The highest BCUT2D eigenvalue weighted by Crippen LogP contribution is 2.62. The molecule has 3 N–H and O–H groups in total. The molecular formula is C17H22F2IN3O. The summed E-state index contributed by atoms with van der Waals surface area (Å²) in [6.07, 6.45) is 5.93. The highest BCUT2D eigenvalue weighted by atomic mass is 127. The summed E-state index contributed by atoms with van der Waals surface area (Å²) < 4.78 is 32.9. The summed E-state index contributed by atoms with van der Waals surface area (Å²) in [6, 6.07) is 3.37. The molecular weight excluding hydrogens is 427 g/mol. The topological polar surface area (TPSA) is 59.6 Å². The van der Waals surface area contributed by atoms with Crippen LogP contribution in [0.3, 0.4) is 0 Å². The number of benzene rings is 1. The number of ether oxygens (including phenoxy) is 1. The molecule has 132 valence electrons. The molecule has 4 rings (SSSR count). The Balaban J connectivity index is 0.00000169. The third kappa shape index (κ3) is 2.79. The van der Waals surface area contributed by atoms with Crippen molar-refractivity contribution in [2.24, 2.45) is 22.1 Å². The van der Waals surface area contributed by atoms with Crippen LogP contribution in [0.15, 0.2) is 23.2 Å². The molecule has 4 nitrogen and oxygen atoms in total. The molecule has 0 amide bonds.